The Kier molecular flexibility index (Phi) is 26.8. The summed E-state index contributed by atoms with van der Waals surface area (Å²) in [7, 11) is 12.0. The molecule has 7 aromatic rings. The number of allylic oxidation sites excluding steroid dienone is 11. The van der Waals surface area contributed by atoms with Gasteiger partial charge in [0.05, 0.1) is 72.6 Å². The minimum atomic E-state index is -3.11. The number of nitrogens with zero attached hydrogens (tertiary/aromatic N) is 9. The molecule has 0 spiro atoms. The number of aromatic nitrogens is 4. The molecule has 0 saturated heterocycles. The highest BCUT2D eigenvalue weighted by molar-refractivity contribution is 7.59. The van der Waals surface area contributed by atoms with Crippen LogP contribution in [0.3, 0.4) is 0 Å². The Morgan fingerprint density at radius 1 is 0.318 bits per heavy atom. The van der Waals surface area contributed by atoms with Gasteiger partial charge in [-0.25, -0.2) is 19.9 Å². The third kappa shape index (κ3) is 22.0. The van der Waals surface area contributed by atoms with Crippen LogP contribution >= 0.6 is 0 Å². The number of anilines is 4. The Morgan fingerprint density at radius 3 is 0.841 bits per heavy atom. The molecule has 3 aliphatic carbocycles. The van der Waals surface area contributed by atoms with Crippen molar-refractivity contribution in [2.45, 2.75) is 20.8 Å². The van der Waals surface area contributed by atoms with Crippen molar-refractivity contribution in [3.05, 3.63) is 156 Å². The molecule has 3 aliphatic rings. The molecule has 88 heavy (non-hydrogen) atoms. The van der Waals surface area contributed by atoms with E-state index in [1.807, 2.05) is 127 Å². The van der Waals surface area contributed by atoms with Crippen LogP contribution in [0, 0.1) is 0 Å². The van der Waals surface area contributed by atoms with Gasteiger partial charge in [0, 0.05) is 118 Å². The summed E-state index contributed by atoms with van der Waals surface area (Å²) < 4.78 is 50.7. The molecular formula is C61H65N9O16S2. The topological polar surface area (TPSA) is 354 Å². The van der Waals surface area contributed by atoms with Crippen molar-refractivity contribution in [2.24, 2.45) is 0 Å². The number of likely N-dealkylation sites (N-methyl/N-ethyl adjacent to an activating group) is 1. The van der Waals surface area contributed by atoms with Gasteiger partial charge in [0.1, 0.15) is 23.0 Å². The lowest BCUT2D eigenvalue weighted by Gasteiger charge is -2.19. The number of fused-ring (bicyclic) bond motifs is 4. The van der Waals surface area contributed by atoms with Crippen molar-refractivity contribution >= 4 is 123 Å². The van der Waals surface area contributed by atoms with Crippen LogP contribution in [-0.4, -0.2) is 176 Å². The third-order valence-corrected chi connectivity index (χ3v) is 11.9. The van der Waals surface area contributed by atoms with Crippen molar-refractivity contribution in [3.63, 3.8) is 0 Å². The Labute approximate surface area is 509 Å². The number of hydrogen-bond acceptors (Lipinski definition) is 25. The van der Waals surface area contributed by atoms with Gasteiger partial charge in [0.2, 0.25) is 5.78 Å². The quantitative estimate of drug-likeness (QED) is 0.0853. The molecular weight excluding hydrogens is 1180 g/mol. The van der Waals surface area contributed by atoms with Crippen LogP contribution in [0.15, 0.2) is 156 Å². The van der Waals surface area contributed by atoms with Crippen LogP contribution in [0.5, 0.6) is 23.0 Å². The van der Waals surface area contributed by atoms with E-state index in [1.165, 1.54) is 48.6 Å². The summed E-state index contributed by atoms with van der Waals surface area (Å²) in [5.74, 6) is 0.223. The number of hydrogen-bond donors (Lipinski definition) is 4. The molecule has 0 aliphatic heterocycles. The zero-order valence-corrected chi connectivity index (χ0v) is 51.9. The van der Waals surface area contributed by atoms with Gasteiger partial charge in [-0.3, -0.25) is 28.8 Å². The first-order chi connectivity index (χ1) is 41.1. The Morgan fingerprint density at radius 2 is 0.580 bits per heavy atom. The number of benzene rings is 5. The molecule has 2 aromatic heterocycles. The van der Waals surface area contributed by atoms with Crippen molar-refractivity contribution in [3.8, 4) is 23.0 Å². The summed E-state index contributed by atoms with van der Waals surface area (Å²) in [6.45, 7) is 4.90. The summed E-state index contributed by atoms with van der Waals surface area (Å²) in [6.07, 6.45) is 10.5. The first kappa shape index (κ1) is 71.5. The molecule has 0 fully saturated rings. The fraction of sp³-hybridized carbons (Fsp3) is 0.213. The molecule has 2 heterocycles. The molecule has 25 nitrogen and oxygen atoms in total. The van der Waals surface area contributed by atoms with E-state index in [9.17, 15) is 49.2 Å². The predicted octanol–water partition coefficient (Wildman–Crippen LogP) is 6.14. The van der Waals surface area contributed by atoms with Gasteiger partial charge < -0.3 is 44.9 Å². The molecule has 0 amide bonds. The zero-order valence-electron chi connectivity index (χ0n) is 50.2. The lowest BCUT2D eigenvalue weighted by molar-refractivity contribution is -0.116. The molecule has 10 rings (SSSR count). The fourth-order valence-corrected chi connectivity index (χ4v) is 7.53. The van der Waals surface area contributed by atoms with E-state index < -0.39 is 21.2 Å². The van der Waals surface area contributed by atoms with E-state index in [0.29, 0.717) is 44.8 Å². The molecule has 4 N–H and O–H groups in total. The lowest BCUT2D eigenvalue weighted by Crippen LogP contribution is -2.22. The lowest BCUT2D eigenvalue weighted by atomic mass is 10.0. The minimum absolute atomic E-state index is 0.0744. The maximum absolute atomic E-state index is 11.3. The van der Waals surface area contributed by atoms with Gasteiger partial charge in [-0.2, -0.15) is 0 Å². The second-order valence-corrected chi connectivity index (χ2v) is 20.6. The Hall–Kier alpha value is -10.8. The van der Waals surface area contributed by atoms with E-state index >= 15 is 0 Å². The Bertz CT molecular complexity index is 4020. The second-order valence-electron chi connectivity index (χ2n) is 19.7. The summed E-state index contributed by atoms with van der Waals surface area (Å²) in [4.78, 5) is 91.6. The Balaban J connectivity index is 0.000000274. The van der Waals surface area contributed by atoms with Crippen LogP contribution in [0.4, 0.5) is 22.7 Å². The van der Waals surface area contributed by atoms with Crippen LogP contribution in [0.1, 0.15) is 20.8 Å². The molecule has 0 unspecified atom stereocenters. The third-order valence-electron chi connectivity index (χ3n) is 11.9. The molecule has 0 atom stereocenters. The highest BCUT2D eigenvalue weighted by atomic mass is 32.2. The first-order valence-electron chi connectivity index (χ1n) is 25.7. The molecule has 0 saturated carbocycles. The van der Waals surface area contributed by atoms with Crippen molar-refractivity contribution in [1.29, 1.82) is 0 Å². The highest BCUT2D eigenvalue weighted by Gasteiger charge is 2.19. The summed E-state index contributed by atoms with van der Waals surface area (Å²) in [5.41, 5.74) is 11.1. The molecule has 462 valence electrons. The van der Waals surface area contributed by atoms with E-state index in [1.54, 1.807) is 73.8 Å². The van der Waals surface area contributed by atoms with Gasteiger partial charge in [0.25, 0.3) is 0 Å². The van der Waals surface area contributed by atoms with E-state index in [0.717, 1.165) is 44.5 Å². The maximum atomic E-state index is 11.3. The maximum Gasteiger partial charge on any atom is 0.425 e. The summed E-state index contributed by atoms with van der Waals surface area (Å²) in [6, 6.07) is 25.5. The summed E-state index contributed by atoms with van der Waals surface area (Å²) in [5, 5.41) is 39.2. The van der Waals surface area contributed by atoms with E-state index in [-0.39, 0.29) is 57.7 Å². The van der Waals surface area contributed by atoms with Gasteiger partial charge in [-0.15, -0.1) is 25.3 Å². The number of ketones is 6. The molecule has 27 heteroatoms. The molecule has 5 aromatic carbocycles. The fourth-order valence-electron chi connectivity index (χ4n) is 7.53. The van der Waals surface area contributed by atoms with Gasteiger partial charge >= 0.3 is 21.2 Å². The molecule has 0 radical (unpaired) electrons. The van der Waals surface area contributed by atoms with Crippen LogP contribution in [-0.2, 0) is 50.0 Å². The van der Waals surface area contributed by atoms with Gasteiger partial charge in [-0.1, -0.05) is 24.3 Å². The average Bonchev–Trinajstić information content (AvgIpc) is 1.71. The molecule has 0 bridgehead atoms. The van der Waals surface area contributed by atoms with Gasteiger partial charge in [-0.05, 0) is 99.7 Å². The van der Waals surface area contributed by atoms with E-state index in [4.69, 9.17) is 25.3 Å². The van der Waals surface area contributed by atoms with Gasteiger partial charge in [0.15, 0.2) is 28.9 Å². The number of carbonyl (C=O) groups is 6. The monoisotopic (exact) mass is 1240 g/mol. The van der Waals surface area contributed by atoms with Crippen molar-refractivity contribution < 1.29 is 74.4 Å². The van der Waals surface area contributed by atoms with Crippen molar-refractivity contribution in [2.75, 3.05) is 90.1 Å². The van der Waals surface area contributed by atoms with Crippen LogP contribution in [0.2, 0.25) is 0 Å². The zero-order chi connectivity index (χ0) is 66.4. The number of para-hydroxylation sites is 4. The number of phenols is 4. The number of rotatable bonds is 5. The predicted molar refractivity (Wildman–Crippen MR) is 335 cm³/mol. The second kappa shape index (κ2) is 33.0. The normalized spacial score (nSPS) is 12.7. The van der Waals surface area contributed by atoms with E-state index in [2.05, 4.69) is 19.9 Å². The standard InChI is InChI=1S/2C14H13N3O.C10H16N2O2.C9H11NO2.2C7H6O2.2O3S/c2*1-17(2)13-7-11-12(8-14(13)18)16-10-6-4-3-5-9(10)15-11;1-11(2)7-5-10(14)8(12(3)4)6-9(7)13;1-6-4-9(12)7(10(2)3)5-8(6)11;2*1-5-4-6(8)2-3-7(5)9;2*1-4(2)3/h2*3-8,18H,1-2H3;5-6,13-14H,1-4H3;4-5H,1-3H3;2*2-4H,1H3;;. The first-order valence-corrected chi connectivity index (χ1v) is 27.7. The number of carbonyl (C=O) groups excluding carboxylic acids is 6. The largest absolute Gasteiger partial charge is 0.506 e. The SMILES string of the molecule is CC1=CC(=O)C(N(C)C)=CC1=O.CC1=CC(=O)C=CC1=O.CC1=CC(=O)C=CC1=O.CN(C)c1cc(O)c(N(C)C)cc1O.CN(C)c1cc2nc3ccccc3nc2cc1O.CN(C)c1cc2nc3ccccc3nc2cc1O.O=S(=O)=O.O=S(=O)=O. The smallest absolute Gasteiger partial charge is 0.425 e. The minimum Gasteiger partial charge on any atom is -0.506 e. The highest BCUT2D eigenvalue weighted by Crippen LogP contribution is 2.37. The number of phenolic OH excluding ortho intramolecular Hbond substituents is 4. The van der Waals surface area contributed by atoms with Crippen molar-refractivity contribution in [1.82, 2.24) is 24.8 Å². The average molecular weight is 1240 g/mol. The van der Waals surface area contributed by atoms with Crippen LogP contribution in [0.25, 0.3) is 44.1 Å². The van der Waals surface area contributed by atoms with Crippen LogP contribution < -0.4 is 19.6 Å². The summed E-state index contributed by atoms with van der Waals surface area (Å²) >= 11 is 0. The number of aromatic hydroxyl groups is 4.